The molecule has 0 radical (unpaired) electrons. The minimum Gasteiger partial charge on any atom is -0.463 e. The van der Waals surface area contributed by atoms with E-state index in [4.69, 9.17) is 4.42 Å². The van der Waals surface area contributed by atoms with Crippen LogP contribution in [0.2, 0.25) is 0 Å². The van der Waals surface area contributed by atoms with Crippen molar-refractivity contribution in [2.24, 2.45) is 0 Å². The minimum atomic E-state index is -1.29. The molecule has 0 amide bonds. The minimum absolute atomic E-state index is 0.130. The van der Waals surface area contributed by atoms with Gasteiger partial charge in [-0.3, -0.25) is 0 Å². The Morgan fingerprint density at radius 1 is 1.19 bits per heavy atom. The molecule has 0 fully saturated rings. The Bertz CT molecular complexity index is 505. The first-order valence-corrected chi connectivity index (χ1v) is 4.78. The second-order valence-corrected chi connectivity index (χ2v) is 3.49. The molecule has 1 heterocycles. The summed E-state index contributed by atoms with van der Waals surface area (Å²) in [6.07, 6.45) is -1.29. The van der Waals surface area contributed by atoms with Crippen LogP contribution in [0.3, 0.4) is 0 Å². The number of furan rings is 1. The maximum absolute atomic E-state index is 13.4. The molecule has 0 aliphatic heterocycles. The van der Waals surface area contributed by atoms with Gasteiger partial charge in [0.15, 0.2) is 11.6 Å². The number of rotatable bonds is 2. The van der Waals surface area contributed by atoms with Crippen LogP contribution in [-0.4, -0.2) is 5.11 Å². The van der Waals surface area contributed by atoms with Crippen molar-refractivity contribution >= 4 is 0 Å². The maximum Gasteiger partial charge on any atom is 0.165 e. The molecule has 2 rings (SSSR count). The monoisotopic (exact) mass is 224 g/mol. The highest BCUT2D eigenvalue weighted by molar-refractivity contribution is 5.27. The van der Waals surface area contributed by atoms with E-state index < -0.39 is 17.7 Å². The van der Waals surface area contributed by atoms with Gasteiger partial charge in [0, 0.05) is 5.56 Å². The molecular formula is C12H10F2O2. The molecule has 1 N–H and O–H groups in total. The summed E-state index contributed by atoms with van der Waals surface area (Å²) in [7, 11) is 0. The molecule has 0 saturated carbocycles. The number of aliphatic hydroxyl groups excluding tert-OH is 1. The molecule has 4 heteroatoms. The molecule has 1 aromatic heterocycles. The van der Waals surface area contributed by atoms with Crippen LogP contribution in [0.15, 0.2) is 34.7 Å². The summed E-state index contributed by atoms with van der Waals surface area (Å²) in [6.45, 7) is 1.71. The largest absolute Gasteiger partial charge is 0.463 e. The number of halogens is 2. The summed E-state index contributed by atoms with van der Waals surface area (Å²) in [6, 6.07) is 6.84. The van der Waals surface area contributed by atoms with Crippen LogP contribution >= 0.6 is 0 Å². The third kappa shape index (κ3) is 1.84. The van der Waals surface area contributed by atoms with Gasteiger partial charge in [0.1, 0.15) is 17.6 Å². The lowest BCUT2D eigenvalue weighted by Gasteiger charge is -2.09. The van der Waals surface area contributed by atoms with E-state index in [9.17, 15) is 13.9 Å². The Morgan fingerprint density at radius 2 is 1.94 bits per heavy atom. The van der Waals surface area contributed by atoms with Gasteiger partial charge in [-0.15, -0.1) is 0 Å². The van der Waals surface area contributed by atoms with E-state index in [0.717, 1.165) is 6.07 Å². The highest BCUT2D eigenvalue weighted by Gasteiger charge is 2.19. The third-order valence-corrected chi connectivity index (χ3v) is 2.31. The smallest absolute Gasteiger partial charge is 0.165 e. The average Bonchev–Trinajstić information content (AvgIpc) is 2.68. The lowest BCUT2D eigenvalue weighted by atomic mass is 10.1. The Morgan fingerprint density at radius 3 is 2.56 bits per heavy atom. The van der Waals surface area contributed by atoms with Crippen molar-refractivity contribution in [3.8, 4) is 0 Å². The van der Waals surface area contributed by atoms with E-state index in [2.05, 4.69) is 0 Å². The van der Waals surface area contributed by atoms with E-state index in [0.29, 0.717) is 5.76 Å². The molecular weight excluding hydrogens is 214 g/mol. The van der Waals surface area contributed by atoms with Gasteiger partial charge in [-0.1, -0.05) is 12.1 Å². The predicted octanol–water partition coefficient (Wildman–Crippen LogP) is 2.95. The van der Waals surface area contributed by atoms with Crippen molar-refractivity contribution in [1.82, 2.24) is 0 Å². The van der Waals surface area contributed by atoms with Crippen LogP contribution in [0.5, 0.6) is 0 Å². The van der Waals surface area contributed by atoms with Gasteiger partial charge in [-0.2, -0.15) is 0 Å². The quantitative estimate of drug-likeness (QED) is 0.850. The summed E-state index contributed by atoms with van der Waals surface area (Å²) < 4.78 is 31.5. The summed E-state index contributed by atoms with van der Waals surface area (Å²) in [5, 5.41) is 9.81. The number of benzene rings is 1. The second-order valence-electron chi connectivity index (χ2n) is 3.49. The van der Waals surface area contributed by atoms with Gasteiger partial charge in [0.25, 0.3) is 0 Å². The molecule has 1 atom stereocenters. The van der Waals surface area contributed by atoms with E-state index in [-0.39, 0.29) is 11.3 Å². The van der Waals surface area contributed by atoms with Crippen molar-refractivity contribution < 1.29 is 18.3 Å². The first kappa shape index (κ1) is 10.8. The normalized spacial score (nSPS) is 12.8. The van der Waals surface area contributed by atoms with Gasteiger partial charge < -0.3 is 9.52 Å². The third-order valence-electron chi connectivity index (χ3n) is 2.31. The van der Waals surface area contributed by atoms with Gasteiger partial charge in [-0.05, 0) is 25.1 Å². The van der Waals surface area contributed by atoms with Crippen molar-refractivity contribution in [1.29, 1.82) is 0 Å². The van der Waals surface area contributed by atoms with Crippen molar-refractivity contribution in [2.75, 3.05) is 0 Å². The zero-order valence-corrected chi connectivity index (χ0v) is 8.58. The second kappa shape index (κ2) is 4.06. The summed E-state index contributed by atoms with van der Waals surface area (Å²) >= 11 is 0. The van der Waals surface area contributed by atoms with E-state index >= 15 is 0 Å². The SMILES string of the molecule is Cc1ccc(C(O)c2cccc(F)c2F)o1. The molecule has 0 aliphatic rings. The van der Waals surface area contributed by atoms with Crippen molar-refractivity contribution in [2.45, 2.75) is 13.0 Å². The average molecular weight is 224 g/mol. The summed E-state index contributed by atoms with van der Waals surface area (Å²) in [4.78, 5) is 0. The molecule has 2 nitrogen and oxygen atoms in total. The zero-order chi connectivity index (χ0) is 11.7. The first-order valence-electron chi connectivity index (χ1n) is 4.78. The maximum atomic E-state index is 13.4. The Hall–Kier alpha value is -1.68. The summed E-state index contributed by atoms with van der Waals surface area (Å²) in [5.41, 5.74) is -0.130. The van der Waals surface area contributed by atoms with Crippen LogP contribution in [0.1, 0.15) is 23.2 Å². The standard InChI is InChI=1S/C12H10F2O2/c1-7-5-6-10(16-7)12(15)8-3-2-4-9(13)11(8)14/h2-6,12,15H,1H3. The van der Waals surface area contributed by atoms with Crippen molar-refractivity contribution in [3.05, 3.63) is 59.1 Å². The van der Waals surface area contributed by atoms with Crippen LogP contribution in [0, 0.1) is 18.6 Å². The molecule has 16 heavy (non-hydrogen) atoms. The van der Waals surface area contributed by atoms with Crippen LogP contribution in [0.4, 0.5) is 8.78 Å². The van der Waals surface area contributed by atoms with Crippen LogP contribution in [-0.2, 0) is 0 Å². The molecule has 0 spiro atoms. The van der Waals surface area contributed by atoms with Gasteiger partial charge in [-0.25, -0.2) is 8.78 Å². The Labute approximate surface area is 91.1 Å². The lowest BCUT2D eigenvalue weighted by Crippen LogP contribution is -2.03. The molecule has 0 bridgehead atoms. The lowest BCUT2D eigenvalue weighted by molar-refractivity contribution is 0.182. The molecule has 1 unspecified atom stereocenters. The van der Waals surface area contributed by atoms with E-state index in [1.54, 1.807) is 13.0 Å². The van der Waals surface area contributed by atoms with Gasteiger partial charge >= 0.3 is 0 Å². The fraction of sp³-hybridized carbons (Fsp3) is 0.167. The van der Waals surface area contributed by atoms with Gasteiger partial charge in [0.2, 0.25) is 0 Å². The fourth-order valence-corrected chi connectivity index (χ4v) is 1.49. The predicted molar refractivity (Wildman–Crippen MR) is 53.9 cm³/mol. The van der Waals surface area contributed by atoms with E-state index in [1.165, 1.54) is 18.2 Å². The topological polar surface area (TPSA) is 33.4 Å². The Balaban J connectivity index is 2.41. The number of hydrogen-bond acceptors (Lipinski definition) is 2. The molecule has 2 aromatic rings. The van der Waals surface area contributed by atoms with Crippen molar-refractivity contribution in [3.63, 3.8) is 0 Å². The highest BCUT2D eigenvalue weighted by Crippen LogP contribution is 2.26. The number of hydrogen-bond donors (Lipinski definition) is 1. The van der Waals surface area contributed by atoms with E-state index in [1.807, 2.05) is 0 Å². The fourth-order valence-electron chi connectivity index (χ4n) is 1.49. The number of aliphatic hydroxyl groups is 1. The Kier molecular flexibility index (Phi) is 2.75. The molecule has 1 aromatic carbocycles. The van der Waals surface area contributed by atoms with Crippen LogP contribution in [0.25, 0.3) is 0 Å². The molecule has 84 valence electrons. The molecule has 0 saturated heterocycles. The van der Waals surface area contributed by atoms with Gasteiger partial charge in [0.05, 0.1) is 0 Å². The van der Waals surface area contributed by atoms with Crippen LogP contribution < -0.4 is 0 Å². The first-order chi connectivity index (χ1) is 7.59. The number of aryl methyl sites for hydroxylation is 1. The summed E-state index contributed by atoms with van der Waals surface area (Å²) in [5.74, 6) is -1.24. The highest BCUT2D eigenvalue weighted by atomic mass is 19.2. The molecule has 0 aliphatic carbocycles. The zero-order valence-electron chi connectivity index (χ0n) is 8.58.